The minimum Gasteiger partial charge on any atom is -0.381 e. The number of likely N-dealkylation sites (tertiary alicyclic amines) is 1. The zero-order valence-electron chi connectivity index (χ0n) is 14.2. The van der Waals surface area contributed by atoms with Crippen LogP contribution in [0.5, 0.6) is 0 Å². The van der Waals surface area contributed by atoms with Gasteiger partial charge in [0.2, 0.25) is 0 Å². The monoisotopic (exact) mass is 353 g/mol. The Morgan fingerprint density at radius 2 is 2.08 bits per heavy atom. The number of hydrogen-bond donors (Lipinski definition) is 0. The normalized spacial score (nSPS) is 25.3. The number of halogens is 3. The van der Waals surface area contributed by atoms with E-state index in [0.29, 0.717) is 23.9 Å². The van der Waals surface area contributed by atoms with Crippen LogP contribution in [0.3, 0.4) is 0 Å². The summed E-state index contributed by atoms with van der Waals surface area (Å²) >= 11 is 0. The van der Waals surface area contributed by atoms with E-state index in [-0.39, 0.29) is 0 Å². The van der Waals surface area contributed by atoms with Gasteiger partial charge in [-0.1, -0.05) is 0 Å². The van der Waals surface area contributed by atoms with E-state index in [1.54, 1.807) is 0 Å². The second-order valence-electron chi connectivity index (χ2n) is 7.20. The topological polar surface area (TPSA) is 30.3 Å². The molecule has 0 radical (unpaired) electrons. The van der Waals surface area contributed by atoms with Crippen LogP contribution in [0.4, 0.5) is 13.2 Å². The van der Waals surface area contributed by atoms with E-state index >= 15 is 0 Å². The van der Waals surface area contributed by atoms with Gasteiger partial charge >= 0.3 is 6.18 Å². The van der Waals surface area contributed by atoms with Crippen molar-refractivity contribution in [2.24, 2.45) is 18.9 Å². The summed E-state index contributed by atoms with van der Waals surface area (Å²) in [4.78, 5) is 6.83. The molecule has 2 aliphatic heterocycles. The minimum atomic E-state index is -4.34. The molecular weight excluding hydrogens is 331 g/mol. The number of ether oxygens (including phenoxy) is 1. The Bertz CT molecular complexity index is 765. The standard InChI is InChI=1S/C18H22F3N3O/c1-23-16-3-2-14(18(19,20)21)8-15(16)22-17(23)10-24-6-4-12(9-24)13-5-7-25-11-13/h2-3,8,12-13H,4-7,9-11H2,1H3. The van der Waals surface area contributed by atoms with Crippen LogP contribution in [0.25, 0.3) is 11.0 Å². The van der Waals surface area contributed by atoms with Gasteiger partial charge in [-0.05, 0) is 49.4 Å². The highest BCUT2D eigenvalue weighted by Gasteiger charge is 2.33. The van der Waals surface area contributed by atoms with Crippen LogP contribution in [0.1, 0.15) is 24.2 Å². The van der Waals surface area contributed by atoms with Gasteiger partial charge in [0.1, 0.15) is 5.82 Å². The first-order valence-electron chi connectivity index (χ1n) is 8.74. The smallest absolute Gasteiger partial charge is 0.381 e. The van der Waals surface area contributed by atoms with Crippen molar-refractivity contribution in [1.29, 1.82) is 0 Å². The highest BCUT2D eigenvalue weighted by Crippen LogP contribution is 2.33. The van der Waals surface area contributed by atoms with E-state index in [2.05, 4.69) is 9.88 Å². The first-order valence-corrected chi connectivity index (χ1v) is 8.74. The first-order chi connectivity index (χ1) is 11.9. The molecule has 1 aromatic heterocycles. The molecule has 0 saturated carbocycles. The van der Waals surface area contributed by atoms with Gasteiger partial charge in [0.25, 0.3) is 0 Å². The maximum Gasteiger partial charge on any atom is 0.416 e. The molecule has 3 heterocycles. The fraction of sp³-hybridized carbons (Fsp3) is 0.611. The summed E-state index contributed by atoms with van der Waals surface area (Å²) in [5.41, 5.74) is 0.502. The first kappa shape index (κ1) is 16.8. The largest absolute Gasteiger partial charge is 0.416 e. The molecule has 25 heavy (non-hydrogen) atoms. The van der Waals surface area contributed by atoms with E-state index < -0.39 is 11.7 Å². The summed E-state index contributed by atoms with van der Waals surface area (Å²) in [6, 6.07) is 3.78. The van der Waals surface area contributed by atoms with Gasteiger partial charge in [0, 0.05) is 26.8 Å². The van der Waals surface area contributed by atoms with Crippen LogP contribution in [-0.4, -0.2) is 40.8 Å². The molecule has 4 nitrogen and oxygen atoms in total. The molecule has 7 heteroatoms. The van der Waals surface area contributed by atoms with Crippen molar-refractivity contribution in [3.8, 4) is 0 Å². The quantitative estimate of drug-likeness (QED) is 0.847. The van der Waals surface area contributed by atoms with Crippen LogP contribution >= 0.6 is 0 Å². The predicted octanol–water partition coefficient (Wildman–Crippen LogP) is 3.45. The molecule has 0 spiro atoms. The molecule has 2 aromatic rings. The van der Waals surface area contributed by atoms with Crippen LogP contribution in [0, 0.1) is 11.8 Å². The number of hydrogen-bond acceptors (Lipinski definition) is 3. The second kappa shape index (κ2) is 6.29. The Kier molecular flexibility index (Phi) is 4.24. The van der Waals surface area contributed by atoms with Crippen LogP contribution in [0.15, 0.2) is 18.2 Å². The SMILES string of the molecule is Cn1c(CN2CCC(C3CCOC3)C2)nc2cc(C(F)(F)F)ccc21. The molecule has 0 bridgehead atoms. The molecule has 4 rings (SSSR count). The van der Waals surface area contributed by atoms with Gasteiger partial charge in [-0.25, -0.2) is 4.98 Å². The lowest BCUT2D eigenvalue weighted by molar-refractivity contribution is -0.137. The number of rotatable bonds is 3. The summed E-state index contributed by atoms with van der Waals surface area (Å²) in [5.74, 6) is 2.13. The molecule has 2 saturated heterocycles. The maximum absolute atomic E-state index is 12.9. The summed E-state index contributed by atoms with van der Waals surface area (Å²) in [5, 5.41) is 0. The van der Waals surface area contributed by atoms with E-state index in [9.17, 15) is 13.2 Å². The lowest BCUT2D eigenvalue weighted by atomic mass is 9.91. The Morgan fingerprint density at radius 3 is 2.80 bits per heavy atom. The van der Waals surface area contributed by atoms with Gasteiger partial charge in [-0.15, -0.1) is 0 Å². The fourth-order valence-corrected chi connectivity index (χ4v) is 4.08. The molecule has 136 valence electrons. The number of imidazole rings is 1. The van der Waals surface area contributed by atoms with Crippen molar-refractivity contribution in [2.75, 3.05) is 26.3 Å². The van der Waals surface area contributed by atoms with E-state index in [1.807, 2.05) is 11.6 Å². The van der Waals surface area contributed by atoms with Gasteiger partial charge in [0.15, 0.2) is 0 Å². The van der Waals surface area contributed by atoms with E-state index in [1.165, 1.54) is 6.07 Å². The van der Waals surface area contributed by atoms with Gasteiger partial charge in [-0.3, -0.25) is 4.90 Å². The number of aromatic nitrogens is 2. The number of fused-ring (bicyclic) bond motifs is 1. The molecular formula is C18H22F3N3O. The summed E-state index contributed by atoms with van der Waals surface area (Å²) in [6.45, 7) is 4.44. The predicted molar refractivity (Wildman–Crippen MR) is 88.0 cm³/mol. The van der Waals surface area contributed by atoms with Crippen LogP contribution in [0.2, 0.25) is 0 Å². The number of nitrogens with zero attached hydrogens (tertiary/aromatic N) is 3. The van der Waals surface area contributed by atoms with Gasteiger partial charge in [-0.2, -0.15) is 13.2 Å². The summed E-state index contributed by atoms with van der Waals surface area (Å²) in [7, 11) is 1.87. The molecule has 0 aliphatic carbocycles. The summed E-state index contributed by atoms with van der Waals surface area (Å²) < 4.78 is 46.1. The van der Waals surface area contributed by atoms with Crippen molar-refractivity contribution in [2.45, 2.75) is 25.6 Å². The Hall–Kier alpha value is -1.60. The lowest BCUT2D eigenvalue weighted by Crippen LogP contribution is -2.24. The average molecular weight is 353 g/mol. The second-order valence-corrected chi connectivity index (χ2v) is 7.20. The molecule has 2 unspecified atom stereocenters. The Morgan fingerprint density at radius 1 is 1.24 bits per heavy atom. The molecule has 2 aliphatic rings. The molecule has 1 aromatic carbocycles. The zero-order valence-corrected chi connectivity index (χ0v) is 14.2. The highest BCUT2D eigenvalue weighted by atomic mass is 19.4. The van der Waals surface area contributed by atoms with Crippen LogP contribution in [-0.2, 0) is 24.5 Å². The van der Waals surface area contributed by atoms with Crippen molar-refractivity contribution in [1.82, 2.24) is 14.5 Å². The molecule has 2 atom stereocenters. The van der Waals surface area contributed by atoms with E-state index in [4.69, 9.17) is 4.74 Å². The van der Waals surface area contributed by atoms with Gasteiger partial charge in [0.05, 0.1) is 23.1 Å². The molecule has 0 amide bonds. The number of alkyl halides is 3. The summed E-state index contributed by atoms with van der Waals surface area (Å²) in [6.07, 6.45) is -2.03. The maximum atomic E-state index is 12.9. The molecule has 2 fully saturated rings. The van der Waals surface area contributed by atoms with Crippen molar-refractivity contribution in [3.05, 3.63) is 29.6 Å². The highest BCUT2D eigenvalue weighted by molar-refractivity contribution is 5.77. The Labute approximate surface area is 144 Å². The minimum absolute atomic E-state index is 0.410. The third kappa shape index (κ3) is 3.27. The van der Waals surface area contributed by atoms with Crippen molar-refractivity contribution < 1.29 is 17.9 Å². The lowest BCUT2D eigenvalue weighted by Gasteiger charge is -2.18. The van der Waals surface area contributed by atoms with Gasteiger partial charge < -0.3 is 9.30 Å². The average Bonchev–Trinajstić information content (AvgIpc) is 3.28. The third-order valence-corrected chi connectivity index (χ3v) is 5.61. The molecule has 0 N–H and O–H groups in total. The van der Waals surface area contributed by atoms with Crippen molar-refractivity contribution >= 4 is 11.0 Å². The Balaban J connectivity index is 1.51. The number of aryl methyl sites for hydroxylation is 1. The van der Waals surface area contributed by atoms with E-state index in [0.717, 1.165) is 62.6 Å². The van der Waals surface area contributed by atoms with Crippen LogP contribution < -0.4 is 0 Å². The number of benzene rings is 1. The fourth-order valence-electron chi connectivity index (χ4n) is 4.08. The zero-order chi connectivity index (χ0) is 17.6. The van der Waals surface area contributed by atoms with Crippen molar-refractivity contribution in [3.63, 3.8) is 0 Å². The third-order valence-electron chi connectivity index (χ3n) is 5.61.